The van der Waals surface area contributed by atoms with Crippen molar-refractivity contribution < 1.29 is 23.2 Å². The number of hydroxylamine groups is 1. The SMILES string of the molecule is Cl.O=C(NO)C1(S(=O)(=O)N2CCN(c3nnn(Cc4ccccc4)n3)CC2)CCOCC1. The second kappa shape index (κ2) is 10.1. The molecule has 14 heteroatoms. The average Bonchev–Trinajstić information content (AvgIpc) is 3.28. The molecule has 4 rings (SSSR count). The molecular weight excluding hydrogens is 462 g/mol. The van der Waals surface area contributed by atoms with Crippen LogP contribution in [0.2, 0.25) is 0 Å². The molecule has 0 spiro atoms. The Morgan fingerprint density at radius 3 is 2.41 bits per heavy atom. The number of anilines is 1. The summed E-state index contributed by atoms with van der Waals surface area (Å²) in [4.78, 5) is 15.7. The maximum absolute atomic E-state index is 13.3. The second-order valence-electron chi connectivity index (χ2n) is 7.54. The van der Waals surface area contributed by atoms with Gasteiger partial charge in [0.25, 0.3) is 11.9 Å². The van der Waals surface area contributed by atoms with Crippen LogP contribution < -0.4 is 10.4 Å². The van der Waals surface area contributed by atoms with Gasteiger partial charge in [0.05, 0.1) is 6.54 Å². The van der Waals surface area contributed by atoms with Gasteiger partial charge in [-0.15, -0.1) is 17.5 Å². The number of benzene rings is 1. The van der Waals surface area contributed by atoms with Crippen molar-refractivity contribution in [2.45, 2.75) is 24.1 Å². The molecule has 2 fully saturated rings. The van der Waals surface area contributed by atoms with Crippen molar-refractivity contribution in [1.82, 2.24) is 30.0 Å². The number of hydrogen-bond acceptors (Lipinski definition) is 9. The summed E-state index contributed by atoms with van der Waals surface area (Å²) < 4.78 is 31.5. The highest BCUT2D eigenvalue weighted by atomic mass is 35.5. The van der Waals surface area contributed by atoms with Gasteiger partial charge in [-0.25, -0.2) is 13.9 Å². The molecular formula is C18H26ClN7O5S. The molecule has 2 aliphatic rings. The summed E-state index contributed by atoms with van der Waals surface area (Å²) in [6.07, 6.45) is -0.00534. The summed E-state index contributed by atoms with van der Waals surface area (Å²) in [5.74, 6) is -0.481. The van der Waals surface area contributed by atoms with Crippen LogP contribution in [0.5, 0.6) is 0 Å². The van der Waals surface area contributed by atoms with Gasteiger partial charge in [-0.05, 0) is 10.8 Å². The zero-order chi connectivity index (χ0) is 21.9. The van der Waals surface area contributed by atoms with Crippen molar-refractivity contribution in [2.24, 2.45) is 0 Å². The molecule has 2 saturated heterocycles. The Morgan fingerprint density at radius 1 is 1.12 bits per heavy atom. The largest absolute Gasteiger partial charge is 0.381 e. The van der Waals surface area contributed by atoms with Crippen LogP contribution in [-0.4, -0.2) is 88.2 Å². The van der Waals surface area contributed by atoms with Gasteiger partial charge in [0.2, 0.25) is 10.0 Å². The van der Waals surface area contributed by atoms with Crippen LogP contribution in [0.1, 0.15) is 18.4 Å². The highest BCUT2D eigenvalue weighted by Gasteiger charge is 2.54. The van der Waals surface area contributed by atoms with Crippen LogP contribution in [0.15, 0.2) is 30.3 Å². The van der Waals surface area contributed by atoms with Crippen LogP contribution in [0.4, 0.5) is 5.95 Å². The number of nitrogens with zero attached hydrogens (tertiary/aromatic N) is 6. The Hall–Kier alpha value is -2.32. The molecule has 3 heterocycles. The van der Waals surface area contributed by atoms with Crippen molar-refractivity contribution >= 4 is 34.3 Å². The van der Waals surface area contributed by atoms with Gasteiger partial charge in [-0.2, -0.15) is 9.10 Å². The molecule has 1 aromatic heterocycles. The molecule has 0 radical (unpaired) electrons. The molecule has 1 amide bonds. The maximum Gasteiger partial charge on any atom is 0.266 e. The van der Waals surface area contributed by atoms with Gasteiger partial charge in [-0.1, -0.05) is 35.4 Å². The number of ether oxygens (including phenoxy) is 1. The Kier molecular flexibility index (Phi) is 7.67. The van der Waals surface area contributed by atoms with E-state index in [9.17, 15) is 13.2 Å². The first-order chi connectivity index (χ1) is 15.0. The predicted molar refractivity (Wildman–Crippen MR) is 116 cm³/mol. The molecule has 2 N–H and O–H groups in total. The summed E-state index contributed by atoms with van der Waals surface area (Å²) in [7, 11) is -4.01. The monoisotopic (exact) mass is 487 g/mol. The molecule has 176 valence electrons. The molecule has 12 nitrogen and oxygen atoms in total. The van der Waals surface area contributed by atoms with Crippen LogP contribution in [0, 0.1) is 0 Å². The molecule has 2 aromatic rings. The Labute approximate surface area is 191 Å². The van der Waals surface area contributed by atoms with E-state index in [4.69, 9.17) is 9.94 Å². The Bertz CT molecular complexity index is 1010. The highest BCUT2D eigenvalue weighted by Crippen LogP contribution is 2.33. The van der Waals surface area contributed by atoms with E-state index in [1.54, 1.807) is 0 Å². The fraction of sp³-hybridized carbons (Fsp3) is 0.556. The maximum atomic E-state index is 13.3. The minimum absolute atomic E-state index is 0. The van der Waals surface area contributed by atoms with E-state index in [0.29, 0.717) is 25.6 Å². The average molecular weight is 488 g/mol. The number of carbonyl (C=O) groups excluding carboxylic acids is 1. The number of amides is 1. The number of halogens is 1. The molecule has 32 heavy (non-hydrogen) atoms. The van der Waals surface area contributed by atoms with Crippen LogP contribution >= 0.6 is 12.4 Å². The normalized spacial score (nSPS) is 19.2. The number of piperazine rings is 1. The third-order valence-electron chi connectivity index (χ3n) is 5.78. The van der Waals surface area contributed by atoms with Crippen molar-refractivity contribution in [1.29, 1.82) is 0 Å². The molecule has 1 aromatic carbocycles. The number of rotatable bonds is 6. The highest BCUT2D eigenvalue weighted by molar-refractivity contribution is 7.91. The van der Waals surface area contributed by atoms with E-state index in [-0.39, 0.29) is 51.6 Å². The first kappa shape index (κ1) is 24.3. The van der Waals surface area contributed by atoms with E-state index < -0.39 is 20.7 Å². The lowest BCUT2D eigenvalue weighted by Crippen LogP contribution is -2.62. The van der Waals surface area contributed by atoms with Crippen LogP contribution in [0.25, 0.3) is 0 Å². The fourth-order valence-electron chi connectivity index (χ4n) is 3.96. The summed E-state index contributed by atoms with van der Waals surface area (Å²) in [5.41, 5.74) is 2.58. The van der Waals surface area contributed by atoms with Gasteiger partial charge < -0.3 is 9.64 Å². The number of tetrazole rings is 1. The van der Waals surface area contributed by atoms with Crippen molar-refractivity contribution in [3.05, 3.63) is 35.9 Å². The van der Waals surface area contributed by atoms with Crippen molar-refractivity contribution in [3.63, 3.8) is 0 Å². The lowest BCUT2D eigenvalue weighted by molar-refractivity contribution is -0.134. The fourth-order valence-corrected chi connectivity index (χ4v) is 6.06. The van der Waals surface area contributed by atoms with Crippen LogP contribution in [-0.2, 0) is 26.1 Å². The van der Waals surface area contributed by atoms with Crippen LogP contribution in [0.3, 0.4) is 0 Å². The number of sulfonamides is 1. The second-order valence-corrected chi connectivity index (χ2v) is 9.79. The summed E-state index contributed by atoms with van der Waals surface area (Å²) in [5, 5.41) is 21.7. The Morgan fingerprint density at radius 2 is 1.78 bits per heavy atom. The van der Waals surface area contributed by atoms with Crippen molar-refractivity contribution in [3.8, 4) is 0 Å². The van der Waals surface area contributed by atoms with Gasteiger partial charge in [0.1, 0.15) is 0 Å². The van der Waals surface area contributed by atoms with E-state index >= 15 is 0 Å². The van der Waals surface area contributed by atoms with Crippen molar-refractivity contribution in [2.75, 3.05) is 44.3 Å². The molecule has 0 saturated carbocycles. The predicted octanol–water partition coefficient (Wildman–Crippen LogP) is -0.350. The van der Waals surface area contributed by atoms with E-state index in [1.165, 1.54) is 14.6 Å². The Balaban J connectivity index is 0.00000289. The minimum Gasteiger partial charge on any atom is -0.381 e. The lowest BCUT2D eigenvalue weighted by atomic mass is 9.98. The van der Waals surface area contributed by atoms with E-state index in [0.717, 1.165) is 5.56 Å². The quantitative estimate of drug-likeness (QED) is 0.412. The molecule has 0 bridgehead atoms. The first-order valence-electron chi connectivity index (χ1n) is 10.0. The van der Waals surface area contributed by atoms with Gasteiger partial charge in [-0.3, -0.25) is 10.0 Å². The van der Waals surface area contributed by atoms with E-state index in [1.807, 2.05) is 35.2 Å². The molecule has 0 atom stereocenters. The van der Waals surface area contributed by atoms with Gasteiger partial charge in [0, 0.05) is 52.2 Å². The number of carbonyl (C=O) groups is 1. The zero-order valence-electron chi connectivity index (χ0n) is 17.3. The molecule has 0 aliphatic carbocycles. The summed E-state index contributed by atoms with van der Waals surface area (Å²) in [6.45, 7) is 1.85. The molecule has 0 unspecified atom stereocenters. The van der Waals surface area contributed by atoms with Gasteiger partial charge >= 0.3 is 0 Å². The standard InChI is InChI=1S/C18H25N7O5S.ClH/c26-16(21-27)18(6-12-30-13-7-18)31(28,29)24-10-8-23(9-11-24)17-19-22-25(20-17)14-15-4-2-1-3-5-15;/h1-5,27H,6-14H2,(H,21,26);1H. The molecule has 2 aliphatic heterocycles. The first-order valence-corrected chi connectivity index (χ1v) is 11.5. The smallest absolute Gasteiger partial charge is 0.266 e. The third kappa shape index (κ3) is 4.57. The number of nitrogens with one attached hydrogen (secondary N) is 1. The zero-order valence-corrected chi connectivity index (χ0v) is 19.0. The number of hydrogen-bond donors (Lipinski definition) is 2. The summed E-state index contributed by atoms with van der Waals surface area (Å²) >= 11 is 0. The summed E-state index contributed by atoms with van der Waals surface area (Å²) in [6, 6.07) is 9.76. The third-order valence-corrected chi connectivity index (χ3v) is 8.41. The number of aromatic nitrogens is 4. The van der Waals surface area contributed by atoms with E-state index in [2.05, 4.69) is 15.4 Å². The minimum atomic E-state index is -4.01. The van der Waals surface area contributed by atoms with Gasteiger partial charge in [0.15, 0.2) is 4.75 Å². The lowest BCUT2D eigenvalue weighted by Gasteiger charge is -2.41. The topological polar surface area (TPSA) is 143 Å².